The van der Waals surface area contributed by atoms with Gasteiger partial charge in [-0.3, -0.25) is 9.35 Å². The molecular weight excluding hydrogens is 376 g/mol. The smallest absolute Gasteiger partial charge is 0.269 e. The Morgan fingerprint density at radius 2 is 1.54 bits per heavy atom. The van der Waals surface area contributed by atoms with Crippen molar-refractivity contribution >= 4 is 16.0 Å². The maximum atomic E-state index is 11.7. The first-order valence-electron chi connectivity index (χ1n) is 9.24. The van der Waals surface area contributed by atoms with Crippen LogP contribution < -0.4 is 5.32 Å². The van der Waals surface area contributed by atoms with E-state index in [2.05, 4.69) is 17.4 Å². The second-order valence-electron chi connectivity index (χ2n) is 6.94. The summed E-state index contributed by atoms with van der Waals surface area (Å²) in [5.41, 5.74) is 1.72. The van der Waals surface area contributed by atoms with Crippen molar-refractivity contribution in [3.05, 3.63) is 71.8 Å². The SMILES string of the molecule is CC(=O)N(C)C1(c2ccccc2)CCNCC1.O=S(=O)(O)Cc1ccccc1. The molecule has 1 amide bonds. The van der Waals surface area contributed by atoms with Gasteiger partial charge in [0.25, 0.3) is 10.1 Å². The number of carbonyl (C=O) groups excluding carboxylic acids is 1. The molecule has 1 saturated heterocycles. The summed E-state index contributed by atoms with van der Waals surface area (Å²) < 4.78 is 29.2. The van der Waals surface area contributed by atoms with E-state index in [0.29, 0.717) is 5.56 Å². The largest absolute Gasteiger partial charge is 0.336 e. The molecule has 28 heavy (non-hydrogen) atoms. The van der Waals surface area contributed by atoms with E-state index < -0.39 is 10.1 Å². The number of carbonyl (C=O) groups is 1. The normalized spacial score (nSPS) is 15.8. The summed E-state index contributed by atoms with van der Waals surface area (Å²) >= 11 is 0. The first-order valence-corrected chi connectivity index (χ1v) is 10.9. The number of hydrogen-bond donors (Lipinski definition) is 2. The quantitative estimate of drug-likeness (QED) is 0.765. The van der Waals surface area contributed by atoms with Gasteiger partial charge in [0.2, 0.25) is 5.91 Å². The van der Waals surface area contributed by atoms with E-state index in [-0.39, 0.29) is 17.2 Å². The van der Waals surface area contributed by atoms with Gasteiger partial charge in [0.05, 0.1) is 5.54 Å². The van der Waals surface area contributed by atoms with Crippen molar-refractivity contribution in [2.75, 3.05) is 20.1 Å². The van der Waals surface area contributed by atoms with Gasteiger partial charge in [0.1, 0.15) is 5.75 Å². The van der Waals surface area contributed by atoms with Gasteiger partial charge in [-0.2, -0.15) is 8.42 Å². The number of nitrogens with zero attached hydrogens (tertiary/aromatic N) is 1. The van der Waals surface area contributed by atoms with Crippen molar-refractivity contribution < 1.29 is 17.8 Å². The molecule has 152 valence electrons. The maximum Gasteiger partial charge on any atom is 0.269 e. The summed E-state index contributed by atoms with van der Waals surface area (Å²) in [6.07, 6.45) is 1.96. The summed E-state index contributed by atoms with van der Waals surface area (Å²) in [7, 11) is -1.96. The first kappa shape index (κ1) is 22.1. The Balaban J connectivity index is 0.000000221. The Morgan fingerprint density at radius 3 is 2.00 bits per heavy atom. The van der Waals surface area contributed by atoms with Crippen molar-refractivity contribution in [2.24, 2.45) is 0 Å². The lowest BCUT2D eigenvalue weighted by Crippen LogP contribution is -2.52. The maximum absolute atomic E-state index is 11.7. The third-order valence-electron chi connectivity index (χ3n) is 5.05. The Hall–Kier alpha value is -2.22. The molecule has 0 radical (unpaired) electrons. The Morgan fingerprint density at radius 1 is 1.04 bits per heavy atom. The van der Waals surface area contributed by atoms with E-state index in [0.717, 1.165) is 25.9 Å². The van der Waals surface area contributed by atoms with Crippen LogP contribution in [0.5, 0.6) is 0 Å². The molecule has 0 aromatic heterocycles. The number of nitrogens with one attached hydrogen (secondary N) is 1. The van der Waals surface area contributed by atoms with E-state index >= 15 is 0 Å². The zero-order valence-electron chi connectivity index (χ0n) is 16.3. The molecule has 1 aliphatic rings. The molecule has 0 spiro atoms. The highest BCUT2D eigenvalue weighted by Crippen LogP contribution is 2.36. The molecule has 3 rings (SSSR count). The van der Waals surface area contributed by atoms with E-state index in [1.807, 2.05) is 30.1 Å². The van der Waals surface area contributed by atoms with Crippen LogP contribution in [0.4, 0.5) is 0 Å². The fourth-order valence-electron chi connectivity index (χ4n) is 3.49. The molecule has 2 aromatic carbocycles. The molecule has 1 fully saturated rings. The Bertz CT molecular complexity index is 848. The van der Waals surface area contributed by atoms with Crippen LogP contribution in [0.1, 0.15) is 30.9 Å². The Labute approximate surface area is 167 Å². The lowest BCUT2D eigenvalue weighted by Gasteiger charge is -2.45. The van der Waals surface area contributed by atoms with Crippen molar-refractivity contribution in [1.82, 2.24) is 10.2 Å². The molecule has 1 heterocycles. The minimum absolute atomic E-state index is 0.127. The predicted octanol–water partition coefficient (Wildman–Crippen LogP) is 2.82. The van der Waals surface area contributed by atoms with Gasteiger partial charge in [-0.1, -0.05) is 60.7 Å². The van der Waals surface area contributed by atoms with E-state index in [9.17, 15) is 13.2 Å². The number of benzene rings is 2. The van der Waals surface area contributed by atoms with Crippen LogP contribution >= 0.6 is 0 Å². The second-order valence-corrected chi connectivity index (χ2v) is 8.39. The zero-order chi connectivity index (χ0) is 20.6. The number of amides is 1. The molecule has 6 nitrogen and oxygen atoms in total. The van der Waals surface area contributed by atoms with Gasteiger partial charge in [-0.25, -0.2) is 0 Å². The Kier molecular flexibility index (Phi) is 7.74. The lowest BCUT2D eigenvalue weighted by atomic mass is 9.80. The third kappa shape index (κ3) is 6.15. The van der Waals surface area contributed by atoms with E-state index in [4.69, 9.17) is 4.55 Å². The van der Waals surface area contributed by atoms with Gasteiger partial charge in [0, 0.05) is 14.0 Å². The van der Waals surface area contributed by atoms with Gasteiger partial charge >= 0.3 is 0 Å². The number of rotatable bonds is 4. The second kappa shape index (κ2) is 9.82. The number of piperidine rings is 1. The average Bonchev–Trinajstić information content (AvgIpc) is 2.68. The zero-order valence-corrected chi connectivity index (χ0v) is 17.2. The van der Waals surface area contributed by atoms with Crippen LogP contribution in [-0.4, -0.2) is 43.9 Å². The van der Waals surface area contributed by atoms with Gasteiger partial charge in [-0.05, 0) is 37.1 Å². The molecule has 0 atom stereocenters. The summed E-state index contributed by atoms with van der Waals surface area (Å²) in [6.45, 7) is 3.58. The molecule has 1 aliphatic heterocycles. The van der Waals surface area contributed by atoms with Gasteiger partial charge in [0.15, 0.2) is 0 Å². The molecule has 0 saturated carbocycles. The topological polar surface area (TPSA) is 86.7 Å². The third-order valence-corrected chi connectivity index (χ3v) is 5.75. The van der Waals surface area contributed by atoms with Crippen LogP contribution in [-0.2, 0) is 26.2 Å². The van der Waals surface area contributed by atoms with Crippen molar-refractivity contribution in [3.63, 3.8) is 0 Å². The highest BCUT2D eigenvalue weighted by molar-refractivity contribution is 7.85. The first-order chi connectivity index (χ1) is 13.2. The van der Waals surface area contributed by atoms with E-state index in [1.165, 1.54) is 5.56 Å². The molecule has 7 heteroatoms. The molecule has 2 aromatic rings. The van der Waals surface area contributed by atoms with Crippen molar-refractivity contribution in [1.29, 1.82) is 0 Å². The summed E-state index contributed by atoms with van der Waals surface area (Å²) in [6, 6.07) is 18.9. The van der Waals surface area contributed by atoms with Gasteiger partial charge in [-0.15, -0.1) is 0 Å². The molecule has 0 bridgehead atoms. The van der Waals surface area contributed by atoms with Crippen LogP contribution in [0, 0.1) is 0 Å². The minimum Gasteiger partial charge on any atom is -0.336 e. The minimum atomic E-state index is -3.88. The summed E-state index contributed by atoms with van der Waals surface area (Å²) in [4.78, 5) is 13.6. The average molecular weight is 405 g/mol. The summed E-state index contributed by atoms with van der Waals surface area (Å²) in [5.74, 6) is -0.177. The molecule has 0 aliphatic carbocycles. The monoisotopic (exact) mass is 404 g/mol. The highest BCUT2D eigenvalue weighted by Gasteiger charge is 2.38. The summed E-state index contributed by atoms with van der Waals surface area (Å²) in [5, 5.41) is 3.37. The van der Waals surface area contributed by atoms with E-state index in [1.54, 1.807) is 37.3 Å². The van der Waals surface area contributed by atoms with Crippen molar-refractivity contribution in [2.45, 2.75) is 31.1 Å². The molecule has 2 N–H and O–H groups in total. The fraction of sp³-hybridized carbons (Fsp3) is 0.381. The number of hydrogen-bond acceptors (Lipinski definition) is 4. The standard InChI is InChI=1S/C14H20N2O.C7H8O3S/c1-12(17)16(2)14(8-10-15-11-9-14)13-6-4-3-5-7-13;8-11(9,10)6-7-4-2-1-3-5-7/h3-7,15H,8-11H2,1-2H3;1-5H,6H2,(H,8,9,10). The van der Waals surface area contributed by atoms with Crippen LogP contribution in [0.15, 0.2) is 60.7 Å². The molecular formula is C21H28N2O4S. The molecule has 0 unspecified atom stereocenters. The van der Waals surface area contributed by atoms with Crippen LogP contribution in [0.2, 0.25) is 0 Å². The lowest BCUT2D eigenvalue weighted by molar-refractivity contribution is -0.134. The van der Waals surface area contributed by atoms with Gasteiger partial charge < -0.3 is 10.2 Å². The van der Waals surface area contributed by atoms with Crippen LogP contribution in [0.3, 0.4) is 0 Å². The predicted molar refractivity (Wildman–Crippen MR) is 110 cm³/mol. The fourth-order valence-corrected chi connectivity index (χ4v) is 4.11. The van der Waals surface area contributed by atoms with Crippen molar-refractivity contribution in [3.8, 4) is 0 Å². The van der Waals surface area contributed by atoms with Crippen LogP contribution in [0.25, 0.3) is 0 Å². The highest BCUT2D eigenvalue weighted by atomic mass is 32.2.